The number of aliphatic hydroxyl groups excluding tert-OH is 1. The molecule has 6 heteroatoms. The maximum Gasteiger partial charge on any atom is 0.151 e. The number of aliphatic hydroxyl groups is 1. The number of carbonyl (C=O) groups is 2. The Morgan fingerprint density at radius 2 is 1.79 bits per heavy atom. The first kappa shape index (κ1) is 22.6. The zero-order valence-corrected chi connectivity index (χ0v) is 21.2. The average Bonchev–Trinajstić information content (AvgIpc) is 3.35. The molecule has 0 bridgehead atoms. The van der Waals surface area contributed by atoms with Crippen LogP contribution in [0.5, 0.6) is 0 Å². The summed E-state index contributed by atoms with van der Waals surface area (Å²) in [5, 5.41) is 14.7. The number of hydrogen-bond donors (Lipinski definition) is 2. The molecule has 33 heavy (non-hydrogen) atoms. The van der Waals surface area contributed by atoms with Gasteiger partial charge in [0.1, 0.15) is 5.78 Å². The van der Waals surface area contributed by atoms with Crippen molar-refractivity contribution in [3.8, 4) is 0 Å². The minimum Gasteiger partial charge on any atom is -0.393 e. The Kier molecular flexibility index (Phi) is 4.45. The average molecular weight is 459 g/mol. The molecule has 5 unspecified atom stereocenters. The van der Waals surface area contributed by atoms with E-state index in [1.54, 1.807) is 0 Å². The molecule has 6 aliphatic rings. The standard InChI is InChI=1S/C27H42N2O4/c1-15(29(5)6)21-16(30)9-24(3)19-8-7-18-23(2)13-33-14-28-22(23)17(31)10-26(18)12-27(19,26)20(32)11-25(21,24)4/h15-16,18-19,21-22,28,30H,7-14H2,1-6H3/t15?,16-,18?,19?,21+,22+,23+,24+,25-,26?,27?/m1/s1. The highest BCUT2D eigenvalue weighted by atomic mass is 16.5. The van der Waals surface area contributed by atoms with Crippen molar-refractivity contribution in [2.45, 2.75) is 84.4 Å². The van der Waals surface area contributed by atoms with Gasteiger partial charge in [0.05, 0.1) is 25.5 Å². The van der Waals surface area contributed by atoms with Crippen LogP contribution < -0.4 is 5.32 Å². The van der Waals surface area contributed by atoms with E-state index in [1.807, 2.05) is 0 Å². The maximum atomic E-state index is 14.3. The van der Waals surface area contributed by atoms with Gasteiger partial charge in [-0.05, 0) is 74.8 Å². The molecule has 11 atom stereocenters. The van der Waals surface area contributed by atoms with Crippen molar-refractivity contribution >= 4 is 11.6 Å². The lowest BCUT2D eigenvalue weighted by Gasteiger charge is -2.63. The Morgan fingerprint density at radius 1 is 1.09 bits per heavy atom. The van der Waals surface area contributed by atoms with E-state index in [0.29, 0.717) is 37.9 Å². The summed E-state index contributed by atoms with van der Waals surface area (Å²) in [5.74, 6) is 1.36. The van der Waals surface area contributed by atoms with E-state index in [9.17, 15) is 14.7 Å². The molecule has 0 aromatic carbocycles. The van der Waals surface area contributed by atoms with Gasteiger partial charge in [-0.2, -0.15) is 0 Å². The Hall–Kier alpha value is -0.820. The maximum absolute atomic E-state index is 14.3. The monoisotopic (exact) mass is 458 g/mol. The summed E-state index contributed by atoms with van der Waals surface area (Å²) in [6.07, 6.45) is 4.41. The van der Waals surface area contributed by atoms with E-state index < -0.39 is 6.10 Å². The van der Waals surface area contributed by atoms with Crippen LogP contribution >= 0.6 is 0 Å². The molecule has 5 aliphatic carbocycles. The van der Waals surface area contributed by atoms with Crippen molar-refractivity contribution in [3.63, 3.8) is 0 Å². The Bertz CT molecular complexity index is 922. The van der Waals surface area contributed by atoms with Gasteiger partial charge in [-0.1, -0.05) is 20.8 Å². The molecule has 0 aromatic heterocycles. The van der Waals surface area contributed by atoms with Crippen molar-refractivity contribution in [1.29, 1.82) is 0 Å². The van der Waals surface area contributed by atoms with Crippen LogP contribution in [0.25, 0.3) is 0 Å². The molecule has 0 radical (unpaired) electrons. The Balaban J connectivity index is 1.43. The summed E-state index contributed by atoms with van der Waals surface area (Å²) in [6.45, 7) is 10.2. The number of ether oxygens (including phenoxy) is 1. The molecule has 2 N–H and O–H groups in total. The van der Waals surface area contributed by atoms with Gasteiger partial charge in [0.15, 0.2) is 5.78 Å². The quantitative estimate of drug-likeness (QED) is 0.662. The van der Waals surface area contributed by atoms with Crippen LogP contribution in [0.15, 0.2) is 0 Å². The highest BCUT2D eigenvalue weighted by Gasteiger charge is 2.87. The number of ketones is 2. The number of hydrogen-bond acceptors (Lipinski definition) is 6. The van der Waals surface area contributed by atoms with Crippen LogP contribution in [0, 0.1) is 44.8 Å². The van der Waals surface area contributed by atoms with E-state index in [1.165, 1.54) is 0 Å². The molecule has 6 rings (SSSR count). The number of Topliss-reactive ketones (excluding diaryl/α,β-unsaturated/α-hetero) is 2. The van der Waals surface area contributed by atoms with Gasteiger partial charge in [-0.15, -0.1) is 0 Å². The fourth-order valence-electron chi connectivity index (χ4n) is 11.0. The first-order valence-electron chi connectivity index (χ1n) is 13.1. The summed E-state index contributed by atoms with van der Waals surface area (Å²) in [7, 11) is 4.16. The van der Waals surface area contributed by atoms with Crippen molar-refractivity contribution in [2.75, 3.05) is 27.4 Å². The van der Waals surface area contributed by atoms with Gasteiger partial charge < -0.3 is 14.7 Å². The van der Waals surface area contributed by atoms with Crippen LogP contribution in [-0.4, -0.2) is 67.2 Å². The van der Waals surface area contributed by atoms with E-state index in [0.717, 1.165) is 25.7 Å². The second-order valence-electron chi connectivity index (χ2n) is 13.7. The fourth-order valence-corrected chi connectivity index (χ4v) is 11.0. The molecule has 6 fully saturated rings. The van der Waals surface area contributed by atoms with E-state index in [-0.39, 0.29) is 56.8 Å². The molecule has 5 saturated carbocycles. The summed E-state index contributed by atoms with van der Waals surface area (Å²) < 4.78 is 5.86. The number of carbonyl (C=O) groups excluding carboxylic acids is 2. The van der Waals surface area contributed by atoms with Gasteiger partial charge in [0.25, 0.3) is 0 Å². The van der Waals surface area contributed by atoms with Crippen molar-refractivity contribution < 1.29 is 19.4 Å². The molecular formula is C27H42N2O4. The zero-order chi connectivity index (χ0) is 23.8. The van der Waals surface area contributed by atoms with Gasteiger partial charge in [-0.3, -0.25) is 14.9 Å². The summed E-state index contributed by atoms with van der Waals surface area (Å²) >= 11 is 0. The predicted molar refractivity (Wildman–Crippen MR) is 124 cm³/mol. The third kappa shape index (κ3) is 2.31. The van der Waals surface area contributed by atoms with Crippen LogP contribution in [0.1, 0.15) is 66.2 Å². The third-order valence-corrected chi connectivity index (χ3v) is 12.7. The second-order valence-corrected chi connectivity index (χ2v) is 13.7. The number of fused-ring (bicyclic) bond motifs is 4. The van der Waals surface area contributed by atoms with Crippen molar-refractivity contribution in [2.24, 2.45) is 44.8 Å². The van der Waals surface area contributed by atoms with Gasteiger partial charge >= 0.3 is 0 Å². The lowest BCUT2D eigenvalue weighted by atomic mass is 9.41. The minimum absolute atomic E-state index is 0.0806. The van der Waals surface area contributed by atoms with Crippen molar-refractivity contribution in [1.82, 2.24) is 10.2 Å². The molecule has 1 saturated heterocycles. The van der Waals surface area contributed by atoms with Gasteiger partial charge in [0.2, 0.25) is 0 Å². The van der Waals surface area contributed by atoms with Crippen LogP contribution in [0.3, 0.4) is 0 Å². The van der Waals surface area contributed by atoms with E-state index in [4.69, 9.17) is 4.74 Å². The minimum atomic E-state index is -0.390. The Labute approximate surface area is 198 Å². The second kappa shape index (κ2) is 6.48. The molecule has 0 aromatic rings. The van der Waals surface area contributed by atoms with Crippen LogP contribution in [0.4, 0.5) is 0 Å². The highest BCUT2D eigenvalue weighted by Crippen LogP contribution is 2.87. The molecular weight excluding hydrogens is 416 g/mol. The normalized spacial score (nSPS) is 58.1. The molecule has 6 nitrogen and oxygen atoms in total. The summed E-state index contributed by atoms with van der Waals surface area (Å²) in [5.41, 5.74) is -1.12. The molecule has 2 spiro atoms. The summed E-state index contributed by atoms with van der Waals surface area (Å²) in [4.78, 5) is 30.0. The van der Waals surface area contributed by atoms with E-state index >= 15 is 0 Å². The number of rotatable bonds is 2. The number of nitrogens with one attached hydrogen (secondary N) is 1. The third-order valence-electron chi connectivity index (χ3n) is 12.7. The van der Waals surface area contributed by atoms with Crippen LogP contribution in [-0.2, 0) is 14.3 Å². The number of nitrogens with zero attached hydrogens (tertiary/aromatic N) is 1. The lowest BCUT2D eigenvalue weighted by molar-refractivity contribution is -0.183. The highest BCUT2D eigenvalue weighted by molar-refractivity contribution is 5.96. The van der Waals surface area contributed by atoms with Crippen LogP contribution in [0.2, 0.25) is 0 Å². The summed E-state index contributed by atoms with van der Waals surface area (Å²) in [6, 6.07) is 0.0637. The molecule has 1 heterocycles. The molecule has 184 valence electrons. The smallest absolute Gasteiger partial charge is 0.151 e. The topological polar surface area (TPSA) is 78.9 Å². The zero-order valence-electron chi connectivity index (χ0n) is 21.2. The first-order chi connectivity index (χ1) is 15.4. The molecule has 1 aliphatic heterocycles. The van der Waals surface area contributed by atoms with E-state index in [2.05, 4.69) is 52.0 Å². The lowest BCUT2D eigenvalue weighted by Crippen LogP contribution is -2.67. The first-order valence-corrected chi connectivity index (χ1v) is 13.1. The molecule has 0 amide bonds. The largest absolute Gasteiger partial charge is 0.393 e. The van der Waals surface area contributed by atoms with Gasteiger partial charge in [0, 0.05) is 35.6 Å². The SMILES string of the molecule is CC([C@H]1[C@H](O)C[C@@]2(C)C3CCC4C5(CC(=O)[C@@H]6NCOC[C@@]46C)CC35C(=O)C[C@]12C)N(C)C. The fraction of sp³-hybridized carbons (Fsp3) is 0.926. The Morgan fingerprint density at radius 3 is 2.48 bits per heavy atom. The predicted octanol–water partition coefficient (Wildman–Crippen LogP) is 2.63. The van der Waals surface area contributed by atoms with Crippen molar-refractivity contribution in [3.05, 3.63) is 0 Å². The van der Waals surface area contributed by atoms with Gasteiger partial charge in [-0.25, -0.2) is 0 Å².